The highest BCUT2D eigenvalue weighted by atomic mass is 79.9. The molecule has 0 aliphatic heterocycles. The highest BCUT2D eigenvalue weighted by Gasteiger charge is 2.07. The minimum atomic E-state index is 0.0180. The molecule has 0 atom stereocenters. The lowest BCUT2D eigenvalue weighted by atomic mass is 10.1. The van der Waals surface area contributed by atoms with E-state index in [9.17, 15) is 4.79 Å². The molecule has 2 aromatic rings. The van der Waals surface area contributed by atoms with E-state index in [2.05, 4.69) is 15.9 Å². The van der Waals surface area contributed by atoms with Crippen molar-refractivity contribution in [3.05, 3.63) is 52.5 Å². The zero-order chi connectivity index (χ0) is 14.5. The molecule has 0 spiro atoms. The van der Waals surface area contributed by atoms with Crippen LogP contribution in [0.5, 0.6) is 17.2 Å². The molecule has 0 N–H and O–H groups in total. The van der Waals surface area contributed by atoms with Crippen molar-refractivity contribution in [2.75, 3.05) is 6.61 Å². The maximum absolute atomic E-state index is 11.4. The summed E-state index contributed by atoms with van der Waals surface area (Å²) in [5.41, 5.74) is 0.643. The minimum Gasteiger partial charge on any atom is -0.494 e. The summed E-state index contributed by atoms with van der Waals surface area (Å²) in [5, 5.41) is 0. The first-order valence-corrected chi connectivity index (χ1v) is 7.10. The van der Waals surface area contributed by atoms with Gasteiger partial charge in [-0.15, -0.1) is 0 Å². The molecule has 0 bridgehead atoms. The quantitative estimate of drug-likeness (QED) is 0.733. The summed E-state index contributed by atoms with van der Waals surface area (Å²) in [7, 11) is 0. The minimum absolute atomic E-state index is 0.0180. The highest BCUT2D eigenvalue weighted by molar-refractivity contribution is 9.10. The van der Waals surface area contributed by atoms with Crippen molar-refractivity contribution >= 4 is 21.7 Å². The number of carbonyl (C=O) groups is 1. The zero-order valence-corrected chi connectivity index (χ0v) is 12.9. The Morgan fingerprint density at radius 1 is 1.05 bits per heavy atom. The molecule has 0 aliphatic carbocycles. The van der Waals surface area contributed by atoms with Crippen molar-refractivity contribution in [1.82, 2.24) is 0 Å². The largest absolute Gasteiger partial charge is 0.494 e. The fraction of sp³-hybridized carbons (Fsp3) is 0.188. The average Bonchev–Trinajstić information content (AvgIpc) is 2.41. The maximum atomic E-state index is 11.4. The standard InChI is InChI=1S/C16H15BrO3/c1-3-19-12-4-6-13(7-5-12)20-14-8-9-15(11(2)18)16(17)10-14/h4-10H,3H2,1-2H3. The number of ether oxygens (including phenoxy) is 2. The Morgan fingerprint density at radius 3 is 2.20 bits per heavy atom. The van der Waals surface area contributed by atoms with Gasteiger partial charge in [0.2, 0.25) is 0 Å². The van der Waals surface area contributed by atoms with Gasteiger partial charge in [0.25, 0.3) is 0 Å². The highest BCUT2D eigenvalue weighted by Crippen LogP contribution is 2.28. The number of rotatable bonds is 5. The van der Waals surface area contributed by atoms with Crippen LogP contribution in [0.3, 0.4) is 0 Å². The van der Waals surface area contributed by atoms with Gasteiger partial charge in [0.15, 0.2) is 5.78 Å². The molecule has 0 heterocycles. The Kier molecular flexibility index (Phi) is 4.79. The van der Waals surface area contributed by atoms with Crippen LogP contribution in [0.25, 0.3) is 0 Å². The van der Waals surface area contributed by atoms with Crippen molar-refractivity contribution < 1.29 is 14.3 Å². The van der Waals surface area contributed by atoms with Crippen LogP contribution in [0.15, 0.2) is 46.9 Å². The molecule has 0 aliphatic rings. The average molecular weight is 335 g/mol. The number of hydrogen-bond donors (Lipinski definition) is 0. The first-order chi connectivity index (χ1) is 9.60. The molecule has 0 saturated carbocycles. The summed E-state index contributed by atoms with van der Waals surface area (Å²) in [4.78, 5) is 11.4. The van der Waals surface area contributed by atoms with E-state index in [0.29, 0.717) is 17.9 Å². The van der Waals surface area contributed by atoms with Gasteiger partial charge in [-0.1, -0.05) is 0 Å². The SMILES string of the molecule is CCOc1ccc(Oc2ccc(C(C)=O)c(Br)c2)cc1. The van der Waals surface area contributed by atoms with Crippen LogP contribution in [0.2, 0.25) is 0 Å². The Hall–Kier alpha value is -1.81. The van der Waals surface area contributed by atoms with Crippen molar-refractivity contribution in [3.63, 3.8) is 0 Å². The number of benzene rings is 2. The van der Waals surface area contributed by atoms with E-state index in [0.717, 1.165) is 16.0 Å². The lowest BCUT2D eigenvalue weighted by Gasteiger charge is -2.09. The van der Waals surface area contributed by atoms with E-state index in [1.807, 2.05) is 31.2 Å². The molecule has 4 heteroatoms. The molecule has 0 radical (unpaired) electrons. The normalized spacial score (nSPS) is 10.2. The van der Waals surface area contributed by atoms with Gasteiger partial charge in [-0.25, -0.2) is 0 Å². The molecule has 0 amide bonds. The fourth-order valence-corrected chi connectivity index (χ4v) is 2.39. The number of ketones is 1. The van der Waals surface area contributed by atoms with E-state index in [-0.39, 0.29) is 5.78 Å². The topological polar surface area (TPSA) is 35.5 Å². The summed E-state index contributed by atoms with van der Waals surface area (Å²) in [6.45, 7) is 4.12. The first-order valence-electron chi connectivity index (χ1n) is 6.31. The van der Waals surface area contributed by atoms with E-state index < -0.39 is 0 Å². The first kappa shape index (κ1) is 14.6. The van der Waals surface area contributed by atoms with Crippen LogP contribution in [0.1, 0.15) is 24.2 Å². The van der Waals surface area contributed by atoms with Gasteiger partial charge in [-0.2, -0.15) is 0 Å². The molecule has 2 rings (SSSR count). The van der Waals surface area contributed by atoms with Crippen molar-refractivity contribution in [3.8, 4) is 17.2 Å². The summed E-state index contributed by atoms with van der Waals surface area (Å²) in [6.07, 6.45) is 0. The molecule has 0 unspecified atom stereocenters. The van der Waals surface area contributed by atoms with Crippen LogP contribution in [-0.4, -0.2) is 12.4 Å². The van der Waals surface area contributed by atoms with Crippen LogP contribution < -0.4 is 9.47 Å². The second kappa shape index (κ2) is 6.57. The van der Waals surface area contributed by atoms with Crippen LogP contribution >= 0.6 is 15.9 Å². The third-order valence-electron chi connectivity index (χ3n) is 2.69. The third kappa shape index (κ3) is 3.61. The van der Waals surface area contributed by atoms with Crippen LogP contribution in [0, 0.1) is 0 Å². The molecule has 0 saturated heterocycles. The van der Waals surface area contributed by atoms with E-state index in [1.54, 1.807) is 18.2 Å². The Balaban J connectivity index is 2.13. The number of halogens is 1. The molecule has 2 aromatic carbocycles. The lowest BCUT2D eigenvalue weighted by Crippen LogP contribution is -1.94. The van der Waals surface area contributed by atoms with Gasteiger partial charge >= 0.3 is 0 Å². The second-order valence-corrected chi connectivity index (χ2v) is 5.06. The molecular weight excluding hydrogens is 320 g/mol. The Bertz CT molecular complexity index is 606. The summed E-state index contributed by atoms with van der Waals surface area (Å²) < 4.78 is 11.8. The van der Waals surface area contributed by atoms with Crippen LogP contribution in [-0.2, 0) is 0 Å². The smallest absolute Gasteiger partial charge is 0.160 e. The van der Waals surface area contributed by atoms with Gasteiger partial charge in [0.1, 0.15) is 17.2 Å². The Morgan fingerprint density at radius 2 is 1.65 bits per heavy atom. The summed E-state index contributed by atoms with van der Waals surface area (Å²) >= 11 is 3.37. The predicted molar refractivity (Wildman–Crippen MR) is 81.8 cm³/mol. The Labute approximate surface area is 126 Å². The van der Waals surface area contributed by atoms with E-state index in [4.69, 9.17) is 9.47 Å². The predicted octanol–water partition coefficient (Wildman–Crippen LogP) is 4.84. The molecule has 20 heavy (non-hydrogen) atoms. The molecule has 104 valence electrons. The number of Topliss-reactive ketones (excluding diaryl/α,β-unsaturated/α-hetero) is 1. The monoisotopic (exact) mass is 334 g/mol. The lowest BCUT2D eigenvalue weighted by molar-refractivity contribution is 0.101. The van der Waals surface area contributed by atoms with E-state index >= 15 is 0 Å². The number of carbonyl (C=O) groups excluding carboxylic acids is 1. The molecule has 3 nitrogen and oxygen atoms in total. The van der Waals surface area contributed by atoms with Gasteiger partial charge in [-0.3, -0.25) is 4.79 Å². The second-order valence-electron chi connectivity index (χ2n) is 4.20. The molecule has 0 aromatic heterocycles. The zero-order valence-electron chi connectivity index (χ0n) is 11.4. The van der Waals surface area contributed by atoms with Gasteiger partial charge in [0, 0.05) is 10.0 Å². The molecule has 0 fully saturated rings. The summed E-state index contributed by atoms with van der Waals surface area (Å²) in [5.74, 6) is 2.22. The van der Waals surface area contributed by atoms with Crippen LogP contribution in [0.4, 0.5) is 0 Å². The molecular formula is C16H15BrO3. The summed E-state index contributed by atoms with van der Waals surface area (Å²) in [6, 6.07) is 12.7. The third-order valence-corrected chi connectivity index (χ3v) is 3.35. The van der Waals surface area contributed by atoms with Gasteiger partial charge in [-0.05, 0) is 72.2 Å². The maximum Gasteiger partial charge on any atom is 0.160 e. The van der Waals surface area contributed by atoms with Crippen molar-refractivity contribution in [2.45, 2.75) is 13.8 Å². The van der Waals surface area contributed by atoms with Crippen molar-refractivity contribution in [2.24, 2.45) is 0 Å². The number of hydrogen-bond acceptors (Lipinski definition) is 3. The van der Waals surface area contributed by atoms with Crippen molar-refractivity contribution in [1.29, 1.82) is 0 Å². The fourth-order valence-electron chi connectivity index (χ4n) is 1.75. The van der Waals surface area contributed by atoms with Gasteiger partial charge in [0.05, 0.1) is 6.61 Å². The van der Waals surface area contributed by atoms with E-state index in [1.165, 1.54) is 6.92 Å². The van der Waals surface area contributed by atoms with Gasteiger partial charge < -0.3 is 9.47 Å².